The zero-order valence-electron chi connectivity index (χ0n) is 18.2. The molecule has 0 N–H and O–H groups in total. The Bertz CT molecular complexity index is 1140. The molecular weight excluding hydrogens is 426 g/mol. The highest BCUT2D eigenvalue weighted by Crippen LogP contribution is 2.24. The fraction of sp³-hybridized carbons (Fsp3) is 0.435. The molecule has 2 aromatic rings. The van der Waals surface area contributed by atoms with Gasteiger partial charge < -0.3 is 9.80 Å². The van der Waals surface area contributed by atoms with Crippen molar-refractivity contribution in [1.82, 2.24) is 14.2 Å². The summed E-state index contributed by atoms with van der Waals surface area (Å²) in [5, 5.41) is 9.32. The van der Waals surface area contributed by atoms with Gasteiger partial charge in [0.2, 0.25) is 10.0 Å². The molecule has 0 spiro atoms. The second-order valence-electron chi connectivity index (χ2n) is 8.21. The summed E-state index contributed by atoms with van der Waals surface area (Å²) < 4.78 is 27.7. The summed E-state index contributed by atoms with van der Waals surface area (Å²) in [6.07, 6.45) is 4.44. The molecule has 8 nitrogen and oxygen atoms in total. The number of piperazine rings is 1. The van der Waals surface area contributed by atoms with E-state index in [1.807, 2.05) is 11.8 Å². The van der Waals surface area contributed by atoms with Crippen LogP contribution in [0.25, 0.3) is 0 Å². The molecule has 0 saturated carbocycles. The first-order valence-corrected chi connectivity index (χ1v) is 12.4. The third kappa shape index (κ3) is 4.33. The van der Waals surface area contributed by atoms with Crippen molar-refractivity contribution in [1.29, 1.82) is 5.26 Å². The van der Waals surface area contributed by atoms with Gasteiger partial charge in [0.1, 0.15) is 11.9 Å². The smallest absolute Gasteiger partial charge is 0.254 e. The van der Waals surface area contributed by atoms with Crippen LogP contribution in [0.2, 0.25) is 0 Å². The lowest BCUT2D eigenvalue weighted by Crippen LogP contribution is -2.49. The average molecular weight is 454 g/mol. The van der Waals surface area contributed by atoms with Crippen molar-refractivity contribution >= 4 is 21.7 Å². The number of nitrogens with zero attached hydrogens (tertiary/aromatic N) is 5. The SMILES string of the molecule is Cc1ccc(S(=O)(=O)N2CCCCC2)cc1C(=O)N1CCN(c2ncccc2C#N)CC1. The van der Waals surface area contributed by atoms with Crippen LogP contribution in [-0.2, 0) is 10.0 Å². The van der Waals surface area contributed by atoms with E-state index in [9.17, 15) is 18.5 Å². The van der Waals surface area contributed by atoms with Crippen LogP contribution >= 0.6 is 0 Å². The summed E-state index contributed by atoms with van der Waals surface area (Å²) in [6.45, 7) is 4.95. The van der Waals surface area contributed by atoms with Gasteiger partial charge in [0.25, 0.3) is 5.91 Å². The Hall–Kier alpha value is -2.96. The lowest BCUT2D eigenvalue weighted by Gasteiger charge is -2.36. The second kappa shape index (κ2) is 9.27. The van der Waals surface area contributed by atoms with E-state index in [2.05, 4.69) is 11.1 Å². The van der Waals surface area contributed by atoms with Crippen molar-refractivity contribution in [2.75, 3.05) is 44.2 Å². The summed E-state index contributed by atoms with van der Waals surface area (Å²) in [5.74, 6) is 0.465. The summed E-state index contributed by atoms with van der Waals surface area (Å²) in [5.41, 5.74) is 1.69. The van der Waals surface area contributed by atoms with Gasteiger partial charge >= 0.3 is 0 Å². The summed E-state index contributed by atoms with van der Waals surface area (Å²) >= 11 is 0. The van der Waals surface area contributed by atoms with E-state index < -0.39 is 10.0 Å². The van der Waals surface area contributed by atoms with E-state index in [4.69, 9.17) is 0 Å². The number of pyridine rings is 1. The quantitative estimate of drug-likeness (QED) is 0.705. The van der Waals surface area contributed by atoms with Gasteiger partial charge in [0.15, 0.2) is 0 Å². The third-order valence-corrected chi connectivity index (χ3v) is 8.06. The van der Waals surface area contributed by atoms with Crippen LogP contribution in [0, 0.1) is 18.3 Å². The van der Waals surface area contributed by atoms with E-state index in [0.717, 1.165) is 24.8 Å². The first-order chi connectivity index (χ1) is 15.4. The van der Waals surface area contributed by atoms with E-state index >= 15 is 0 Å². The monoisotopic (exact) mass is 453 g/mol. The Labute approximate surface area is 189 Å². The number of aryl methyl sites for hydroxylation is 1. The molecule has 0 unspecified atom stereocenters. The molecule has 2 aliphatic rings. The molecule has 2 aliphatic heterocycles. The van der Waals surface area contributed by atoms with Gasteiger partial charge in [-0.1, -0.05) is 12.5 Å². The molecule has 2 saturated heterocycles. The standard InChI is InChI=1S/C23H27N5O3S/c1-18-7-8-20(32(30,31)28-10-3-2-4-11-28)16-21(18)23(29)27-14-12-26(13-15-27)22-19(17-24)6-5-9-25-22/h5-9,16H,2-4,10-15H2,1H3. The second-order valence-corrected chi connectivity index (χ2v) is 10.1. The minimum atomic E-state index is -3.60. The molecule has 0 atom stereocenters. The molecule has 1 aromatic heterocycles. The zero-order chi connectivity index (χ0) is 22.7. The van der Waals surface area contributed by atoms with E-state index in [0.29, 0.717) is 56.2 Å². The van der Waals surface area contributed by atoms with Gasteiger partial charge in [-0.3, -0.25) is 4.79 Å². The van der Waals surface area contributed by atoms with Crippen molar-refractivity contribution in [3.05, 3.63) is 53.2 Å². The van der Waals surface area contributed by atoms with Gasteiger partial charge in [-0.05, 0) is 49.6 Å². The number of aromatic nitrogens is 1. The Morgan fingerprint density at radius 1 is 1.03 bits per heavy atom. The molecular formula is C23H27N5O3S. The number of carbonyl (C=O) groups excluding carboxylic acids is 1. The summed E-state index contributed by atoms with van der Waals surface area (Å²) in [4.78, 5) is 21.5. The molecule has 1 amide bonds. The first-order valence-electron chi connectivity index (χ1n) is 10.9. The lowest BCUT2D eigenvalue weighted by atomic mass is 10.1. The summed E-state index contributed by atoms with van der Waals surface area (Å²) in [7, 11) is -3.60. The molecule has 9 heteroatoms. The molecule has 0 aliphatic carbocycles. The predicted molar refractivity (Wildman–Crippen MR) is 121 cm³/mol. The van der Waals surface area contributed by atoms with Crippen molar-refractivity contribution < 1.29 is 13.2 Å². The fourth-order valence-corrected chi connectivity index (χ4v) is 5.82. The van der Waals surface area contributed by atoms with Crippen LogP contribution in [0.3, 0.4) is 0 Å². The molecule has 168 valence electrons. The van der Waals surface area contributed by atoms with Gasteiger partial charge in [0, 0.05) is 51.0 Å². The van der Waals surface area contributed by atoms with Gasteiger partial charge in [0.05, 0.1) is 10.5 Å². The van der Waals surface area contributed by atoms with Crippen molar-refractivity contribution in [2.45, 2.75) is 31.1 Å². The molecule has 3 heterocycles. The maximum Gasteiger partial charge on any atom is 0.254 e. The van der Waals surface area contributed by atoms with E-state index in [1.54, 1.807) is 35.4 Å². The van der Waals surface area contributed by atoms with Crippen LogP contribution in [0.5, 0.6) is 0 Å². The van der Waals surface area contributed by atoms with E-state index in [1.165, 1.54) is 10.4 Å². The van der Waals surface area contributed by atoms with Crippen molar-refractivity contribution in [3.63, 3.8) is 0 Å². The maximum absolute atomic E-state index is 13.3. The van der Waals surface area contributed by atoms with Crippen LogP contribution < -0.4 is 4.90 Å². The Balaban J connectivity index is 1.50. The minimum absolute atomic E-state index is 0.167. The Morgan fingerprint density at radius 3 is 2.44 bits per heavy atom. The number of anilines is 1. The Kier molecular flexibility index (Phi) is 6.44. The first kappa shape index (κ1) is 22.2. The third-order valence-electron chi connectivity index (χ3n) is 6.17. The molecule has 4 rings (SSSR count). The van der Waals surface area contributed by atoms with Crippen LogP contribution in [0.15, 0.2) is 41.4 Å². The number of hydrogen-bond acceptors (Lipinski definition) is 6. The number of benzene rings is 1. The van der Waals surface area contributed by atoms with Gasteiger partial charge in [-0.15, -0.1) is 0 Å². The number of sulfonamides is 1. The molecule has 1 aromatic carbocycles. The number of piperidine rings is 1. The van der Waals surface area contributed by atoms with Crippen LogP contribution in [0.4, 0.5) is 5.82 Å². The maximum atomic E-state index is 13.3. The van der Waals surface area contributed by atoms with Crippen molar-refractivity contribution in [2.24, 2.45) is 0 Å². The zero-order valence-corrected chi connectivity index (χ0v) is 19.0. The number of hydrogen-bond donors (Lipinski definition) is 0. The van der Waals surface area contributed by atoms with Gasteiger partial charge in [-0.25, -0.2) is 13.4 Å². The number of carbonyl (C=O) groups is 1. The van der Waals surface area contributed by atoms with Crippen LogP contribution in [-0.4, -0.2) is 67.8 Å². The predicted octanol–water partition coefficient (Wildman–Crippen LogP) is 2.40. The fourth-order valence-electron chi connectivity index (χ4n) is 4.27. The van der Waals surface area contributed by atoms with E-state index in [-0.39, 0.29) is 10.8 Å². The number of amides is 1. The molecule has 2 fully saturated rings. The van der Waals surface area contributed by atoms with Crippen LogP contribution in [0.1, 0.15) is 40.7 Å². The Morgan fingerprint density at radius 2 is 1.75 bits per heavy atom. The van der Waals surface area contributed by atoms with Crippen molar-refractivity contribution in [3.8, 4) is 6.07 Å². The van der Waals surface area contributed by atoms with Gasteiger partial charge in [-0.2, -0.15) is 9.57 Å². The number of rotatable bonds is 4. The highest BCUT2D eigenvalue weighted by atomic mass is 32.2. The average Bonchev–Trinajstić information content (AvgIpc) is 2.84. The topological polar surface area (TPSA) is 97.6 Å². The minimum Gasteiger partial charge on any atom is -0.352 e. The molecule has 32 heavy (non-hydrogen) atoms. The highest BCUT2D eigenvalue weighted by Gasteiger charge is 2.29. The lowest BCUT2D eigenvalue weighted by molar-refractivity contribution is 0.0745. The highest BCUT2D eigenvalue weighted by molar-refractivity contribution is 7.89. The molecule has 0 bridgehead atoms. The molecule has 0 radical (unpaired) electrons. The number of nitriles is 1. The normalized spacial score (nSPS) is 17.8. The largest absolute Gasteiger partial charge is 0.352 e. The summed E-state index contributed by atoms with van der Waals surface area (Å²) in [6, 6.07) is 10.5.